The van der Waals surface area contributed by atoms with E-state index in [0.29, 0.717) is 23.6 Å². The second-order valence-electron chi connectivity index (χ2n) is 5.09. The van der Waals surface area contributed by atoms with Gasteiger partial charge in [-0.05, 0) is 54.9 Å². The van der Waals surface area contributed by atoms with E-state index in [4.69, 9.17) is 9.47 Å². The molecule has 0 spiro atoms. The Labute approximate surface area is 148 Å². The maximum Gasteiger partial charge on any atom is 0.176 e. The zero-order valence-electron chi connectivity index (χ0n) is 13.7. The molecule has 0 aliphatic carbocycles. The third-order valence-electron chi connectivity index (χ3n) is 3.51. The SMILES string of the molecule is COc1ccc(CCNCC(=O)c2ccc(O)cc2)cc1OC.Cl. The standard InChI is InChI=1S/C18H21NO4.ClH/c1-22-17-8-3-13(11-18(17)23-2)9-10-19-12-16(21)14-4-6-15(20)7-5-14;/h3-8,11,19-20H,9-10,12H2,1-2H3;1H. The summed E-state index contributed by atoms with van der Waals surface area (Å²) in [6.45, 7) is 0.942. The van der Waals surface area contributed by atoms with Crippen LogP contribution in [-0.4, -0.2) is 38.2 Å². The van der Waals surface area contributed by atoms with E-state index in [2.05, 4.69) is 5.32 Å². The number of carbonyl (C=O) groups is 1. The molecular weight excluding hydrogens is 330 g/mol. The normalized spacial score (nSPS) is 9.92. The van der Waals surface area contributed by atoms with Gasteiger partial charge in [-0.25, -0.2) is 0 Å². The van der Waals surface area contributed by atoms with Gasteiger partial charge in [-0.1, -0.05) is 6.07 Å². The summed E-state index contributed by atoms with van der Waals surface area (Å²) in [6, 6.07) is 12.0. The Morgan fingerprint density at radius 3 is 2.33 bits per heavy atom. The van der Waals surface area contributed by atoms with Crippen LogP contribution in [0.5, 0.6) is 17.2 Å². The first-order valence-corrected chi connectivity index (χ1v) is 7.38. The van der Waals surface area contributed by atoms with Crippen LogP contribution in [0.1, 0.15) is 15.9 Å². The van der Waals surface area contributed by atoms with Crippen molar-refractivity contribution in [3.8, 4) is 17.2 Å². The number of aromatic hydroxyl groups is 1. The second-order valence-corrected chi connectivity index (χ2v) is 5.09. The number of hydrogen-bond donors (Lipinski definition) is 2. The Bertz CT molecular complexity index is 659. The van der Waals surface area contributed by atoms with Crippen molar-refractivity contribution in [2.45, 2.75) is 6.42 Å². The van der Waals surface area contributed by atoms with Gasteiger partial charge in [0.1, 0.15) is 5.75 Å². The number of phenolic OH excluding ortho intramolecular Hbond substituents is 1. The number of benzene rings is 2. The number of Topliss-reactive ketones (excluding diaryl/α,β-unsaturated/α-hetero) is 1. The van der Waals surface area contributed by atoms with E-state index in [0.717, 1.165) is 12.0 Å². The van der Waals surface area contributed by atoms with Crippen molar-refractivity contribution in [2.75, 3.05) is 27.3 Å². The summed E-state index contributed by atoms with van der Waals surface area (Å²) >= 11 is 0. The largest absolute Gasteiger partial charge is 0.508 e. The smallest absolute Gasteiger partial charge is 0.176 e. The monoisotopic (exact) mass is 351 g/mol. The first-order valence-electron chi connectivity index (χ1n) is 7.38. The molecule has 5 nitrogen and oxygen atoms in total. The van der Waals surface area contributed by atoms with Crippen molar-refractivity contribution in [3.63, 3.8) is 0 Å². The van der Waals surface area contributed by atoms with E-state index >= 15 is 0 Å². The van der Waals surface area contributed by atoms with Crippen LogP contribution in [0.25, 0.3) is 0 Å². The third kappa shape index (κ3) is 5.44. The molecule has 24 heavy (non-hydrogen) atoms. The van der Waals surface area contributed by atoms with Gasteiger partial charge >= 0.3 is 0 Å². The summed E-state index contributed by atoms with van der Waals surface area (Å²) in [5.41, 5.74) is 1.69. The first kappa shape index (κ1) is 19.8. The quantitative estimate of drug-likeness (QED) is 0.565. The maximum atomic E-state index is 12.0. The number of carbonyl (C=O) groups excluding carboxylic acids is 1. The number of phenols is 1. The number of hydrogen-bond acceptors (Lipinski definition) is 5. The van der Waals surface area contributed by atoms with Crippen LogP contribution in [0.15, 0.2) is 42.5 Å². The molecule has 6 heteroatoms. The first-order chi connectivity index (χ1) is 11.1. The summed E-state index contributed by atoms with van der Waals surface area (Å²) in [4.78, 5) is 12.0. The Morgan fingerprint density at radius 1 is 1.04 bits per heavy atom. The van der Waals surface area contributed by atoms with Crippen LogP contribution in [-0.2, 0) is 6.42 Å². The second kappa shape index (κ2) is 9.80. The molecule has 0 aliphatic rings. The van der Waals surface area contributed by atoms with Crippen LogP contribution in [0, 0.1) is 0 Å². The molecule has 0 fully saturated rings. The van der Waals surface area contributed by atoms with Crippen LogP contribution in [0.3, 0.4) is 0 Å². The molecule has 0 radical (unpaired) electrons. The fourth-order valence-electron chi connectivity index (χ4n) is 2.22. The van der Waals surface area contributed by atoms with Crippen molar-refractivity contribution in [2.24, 2.45) is 0 Å². The van der Waals surface area contributed by atoms with Gasteiger partial charge in [0.25, 0.3) is 0 Å². The van der Waals surface area contributed by atoms with Crippen molar-refractivity contribution >= 4 is 18.2 Å². The van der Waals surface area contributed by atoms with E-state index in [1.165, 1.54) is 12.1 Å². The van der Waals surface area contributed by atoms with Crippen LogP contribution < -0.4 is 14.8 Å². The van der Waals surface area contributed by atoms with E-state index in [-0.39, 0.29) is 30.5 Å². The molecule has 130 valence electrons. The number of rotatable bonds is 8. The topological polar surface area (TPSA) is 67.8 Å². The molecule has 2 aromatic carbocycles. The number of methoxy groups -OCH3 is 2. The lowest BCUT2D eigenvalue weighted by Gasteiger charge is -2.10. The summed E-state index contributed by atoms with van der Waals surface area (Å²) in [7, 11) is 3.21. The Hall–Kier alpha value is -2.24. The number of halogens is 1. The minimum atomic E-state index is -0.00249. The van der Waals surface area contributed by atoms with Gasteiger partial charge in [-0.15, -0.1) is 12.4 Å². The molecule has 2 N–H and O–H groups in total. The molecule has 0 aromatic heterocycles. The molecule has 0 bridgehead atoms. The van der Waals surface area contributed by atoms with Crippen molar-refractivity contribution < 1.29 is 19.4 Å². The van der Waals surface area contributed by atoms with Gasteiger partial charge in [0.15, 0.2) is 17.3 Å². The molecule has 0 saturated carbocycles. The van der Waals surface area contributed by atoms with Crippen LogP contribution in [0.4, 0.5) is 0 Å². The van der Waals surface area contributed by atoms with Gasteiger partial charge < -0.3 is 19.9 Å². The number of ether oxygens (including phenoxy) is 2. The molecule has 0 amide bonds. The van der Waals surface area contributed by atoms with Gasteiger partial charge in [-0.2, -0.15) is 0 Å². The van der Waals surface area contributed by atoms with Gasteiger partial charge in [-0.3, -0.25) is 4.79 Å². The summed E-state index contributed by atoms with van der Waals surface area (Å²) in [5.74, 6) is 1.55. The maximum absolute atomic E-state index is 12.0. The molecule has 0 heterocycles. The predicted octanol–water partition coefficient (Wildman–Crippen LogP) is 2.85. The lowest BCUT2D eigenvalue weighted by molar-refractivity contribution is 0.0991. The van der Waals surface area contributed by atoms with Crippen molar-refractivity contribution in [1.29, 1.82) is 0 Å². The minimum absolute atomic E-state index is 0. The summed E-state index contributed by atoms with van der Waals surface area (Å²) < 4.78 is 10.5. The lowest BCUT2D eigenvalue weighted by atomic mass is 10.1. The van der Waals surface area contributed by atoms with Crippen LogP contribution >= 0.6 is 12.4 Å². The highest BCUT2D eigenvalue weighted by molar-refractivity contribution is 5.97. The minimum Gasteiger partial charge on any atom is -0.508 e. The van der Waals surface area contributed by atoms with Crippen molar-refractivity contribution in [1.82, 2.24) is 5.32 Å². The summed E-state index contributed by atoms with van der Waals surface area (Å²) in [6.07, 6.45) is 0.781. The highest BCUT2D eigenvalue weighted by Gasteiger charge is 2.06. The zero-order chi connectivity index (χ0) is 16.7. The number of nitrogens with one attached hydrogen (secondary N) is 1. The molecule has 2 aromatic rings. The van der Waals surface area contributed by atoms with E-state index in [1.807, 2.05) is 18.2 Å². The van der Waals surface area contributed by atoms with E-state index in [9.17, 15) is 9.90 Å². The molecule has 2 rings (SSSR count). The predicted molar refractivity (Wildman–Crippen MR) is 95.8 cm³/mol. The number of ketones is 1. The molecule has 0 atom stereocenters. The van der Waals surface area contributed by atoms with Crippen molar-refractivity contribution in [3.05, 3.63) is 53.6 Å². The highest BCUT2D eigenvalue weighted by atomic mass is 35.5. The van der Waals surface area contributed by atoms with Gasteiger partial charge in [0.05, 0.1) is 20.8 Å². The Morgan fingerprint density at radius 2 is 1.71 bits per heavy atom. The zero-order valence-corrected chi connectivity index (χ0v) is 14.6. The Balaban J connectivity index is 0.00000288. The molecule has 0 aliphatic heterocycles. The highest BCUT2D eigenvalue weighted by Crippen LogP contribution is 2.27. The van der Waals surface area contributed by atoms with Gasteiger partial charge in [0.2, 0.25) is 0 Å². The third-order valence-corrected chi connectivity index (χ3v) is 3.51. The van der Waals surface area contributed by atoms with E-state index < -0.39 is 0 Å². The Kier molecular flexibility index (Phi) is 8.09. The molecule has 0 saturated heterocycles. The molecule has 0 unspecified atom stereocenters. The van der Waals surface area contributed by atoms with Crippen LogP contribution in [0.2, 0.25) is 0 Å². The van der Waals surface area contributed by atoms with Gasteiger partial charge in [0, 0.05) is 5.56 Å². The fraction of sp³-hybridized carbons (Fsp3) is 0.278. The molecular formula is C18H22ClNO4. The average molecular weight is 352 g/mol. The lowest BCUT2D eigenvalue weighted by Crippen LogP contribution is -2.25. The van der Waals surface area contributed by atoms with E-state index in [1.54, 1.807) is 26.4 Å². The average Bonchev–Trinajstić information content (AvgIpc) is 2.58. The summed E-state index contributed by atoms with van der Waals surface area (Å²) in [5, 5.41) is 12.3. The fourth-order valence-corrected chi connectivity index (χ4v) is 2.22.